The molecule has 120 valence electrons. The first-order valence-electron chi connectivity index (χ1n) is 6.90. The van der Waals surface area contributed by atoms with Gasteiger partial charge in [0.25, 0.3) is 5.91 Å². The van der Waals surface area contributed by atoms with E-state index in [2.05, 4.69) is 5.32 Å². The third kappa shape index (κ3) is 4.60. The molecule has 6 heteroatoms. The number of aryl methyl sites for hydroxylation is 1. The summed E-state index contributed by atoms with van der Waals surface area (Å²) in [6.07, 6.45) is -1.12. The Bertz CT molecular complexity index is 709. The van der Waals surface area contributed by atoms with Crippen LogP contribution in [0.15, 0.2) is 42.5 Å². The SMILES string of the molecule is Cc1ccc(NC(=O)[C@H](C)OC(=O)c2cc(F)cc(F)c2)cc1. The molecule has 23 heavy (non-hydrogen) atoms. The third-order valence-corrected chi connectivity index (χ3v) is 3.07. The molecule has 0 spiro atoms. The molecule has 0 saturated heterocycles. The van der Waals surface area contributed by atoms with Crippen molar-refractivity contribution in [2.45, 2.75) is 20.0 Å². The lowest BCUT2D eigenvalue weighted by Gasteiger charge is -2.13. The highest BCUT2D eigenvalue weighted by molar-refractivity contribution is 5.97. The number of hydrogen-bond donors (Lipinski definition) is 1. The number of nitrogens with one attached hydrogen (secondary N) is 1. The van der Waals surface area contributed by atoms with Gasteiger partial charge in [-0.25, -0.2) is 13.6 Å². The minimum absolute atomic E-state index is 0.294. The van der Waals surface area contributed by atoms with E-state index >= 15 is 0 Å². The van der Waals surface area contributed by atoms with Crippen molar-refractivity contribution in [1.82, 2.24) is 0 Å². The van der Waals surface area contributed by atoms with E-state index < -0.39 is 29.6 Å². The van der Waals surface area contributed by atoms with Gasteiger partial charge in [0.2, 0.25) is 0 Å². The fraction of sp³-hybridized carbons (Fsp3) is 0.176. The van der Waals surface area contributed by atoms with Crippen molar-refractivity contribution >= 4 is 17.6 Å². The van der Waals surface area contributed by atoms with Crippen molar-refractivity contribution in [2.75, 3.05) is 5.32 Å². The molecular formula is C17H15F2NO3. The highest BCUT2D eigenvalue weighted by atomic mass is 19.1. The average molecular weight is 319 g/mol. The van der Waals surface area contributed by atoms with E-state index in [1.807, 2.05) is 19.1 Å². The molecule has 1 atom stereocenters. The molecular weight excluding hydrogens is 304 g/mol. The molecule has 1 N–H and O–H groups in total. The fourth-order valence-electron chi connectivity index (χ4n) is 1.83. The zero-order valence-electron chi connectivity index (χ0n) is 12.6. The second-order valence-electron chi connectivity index (χ2n) is 5.06. The summed E-state index contributed by atoms with van der Waals surface area (Å²) >= 11 is 0. The van der Waals surface area contributed by atoms with Crippen LogP contribution in [0.1, 0.15) is 22.8 Å². The van der Waals surface area contributed by atoms with Crippen LogP contribution in [0, 0.1) is 18.6 Å². The number of anilines is 1. The molecule has 2 aromatic rings. The normalized spacial score (nSPS) is 11.7. The van der Waals surface area contributed by atoms with Crippen LogP contribution < -0.4 is 5.32 Å². The second-order valence-corrected chi connectivity index (χ2v) is 5.06. The van der Waals surface area contributed by atoms with Crippen LogP contribution in [0.25, 0.3) is 0 Å². The number of hydrogen-bond acceptors (Lipinski definition) is 3. The number of rotatable bonds is 4. The van der Waals surface area contributed by atoms with Crippen LogP contribution in [0.2, 0.25) is 0 Å². The molecule has 0 aliphatic heterocycles. The second kappa shape index (κ2) is 7.00. The molecule has 0 aromatic heterocycles. The van der Waals surface area contributed by atoms with Gasteiger partial charge < -0.3 is 10.1 Å². The average Bonchev–Trinajstić information content (AvgIpc) is 2.48. The van der Waals surface area contributed by atoms with Gasteiger partial charge in [0.15, 0.2) is 6.10 Å². The van der Waals surface area contributed by atoms with Gasteiger partial charge in [0, 0.05) is 11.8 Å². The third-order valence-electron chi connectivity index (χ3n) is 3.07. The van der Waals surface area contributed by atoms with E-state index in [0.717, 1.165) is 17.7 Å². The van der Waals surface area contributed by atoms with E-state index in [0.29, 0.717) is 11.8 Å². The highest BCUT2D eigenvalue weighted by Crippen LogP contribution is 2.12. The van der Waals surface area contributed by atoms with Crippen molar-refractivity contribution in [1.29, 1.82) is 0 Å². The predicted molar refractivity (Wildman–Crippen MR) is 81.0 cm³/mol. The number of ether oxygens (including phenoxy) is 1. The summed E-state index contributed by atoms with van der Waals surface area (Å²) in [5.41, 5.74) is 1.30. The molecule has 1 amide bonds. The molecule has 0 saturated carbocycles. The van der Waals surface area contributed by atoms with Gasteiger partial charge in [0.05, 0.1) is 5.56 Å². The van der Waals surface area contributed by atoms with Crippen LogP contribution in [-0.4, -0.2) is 18.0 Å². The molecule has 4 nitrogen and oxygen atoms in total. The molecule has 2 rings (SSSR count). The van der Waals surface area contributed by atoms with Crippen LogP contribution >= 0.6 is 0 Å². The number of halogens is 2. The van der Waals surface area contributed by atoms with Crippen molar-refractivity contribution in [3.63, 3.8) is 0 Å². The summed E-state index contributed by atoms with van der Waals surface area (Å²) in [6, 6.07) is 9.40. The van der Waals surface area contributed by atoms with Gasteiger partial charge >= 0.3 is 5.97 Å². The smallest absolute Gasteiger partial charge is 0.339 e. The van der Waals surface area contributed by atoms with E-state index in [1.54, 1.807) is 12.1 Å². The largest absolute Gasteiger partial charge is 0.449 e. The molecule has 0 aliphatic rings. The molecule has 0 unspecified atom stereocenters. The summed E-state index contributed by atoms with van der Waals surface area (Å²) in [5, 5.41) is 2.58. The Morgan fingerprint density at radius 2 is 1.61 bits per heavy atom. The van der Waals surface area contributed by atoms with Gasteiger partial charge in [-0.15, -0.1) is 0 Å². The standard InChI is InChI=1S/C17H15F2NO3/c1-10-3-5-15(6-4-10)20-16(21)11(2)23-17(22)12-7-13(18)9-14(19)8-12/h3-9,11H,1-2H3,(H,20,21)/t11-/m0/s1. The minimum atomic E-state index is -1.12. The van der Waals surface area contributed by atoms with Gasteiger partial charge in [0.1, 0.15) is 11.6 Å². The van der Waals surface area contributed by atoms with Gasteiger partial charge in [-0.3, -0.25) is 4.79 Å². The monoisotopic (exact) mass is 319 g/mol. The number of esters is 1. The highest BCUT2D eigenvalue weighted by Gasteiger charge is 2.20. The lowest BCUT2D eigenvalue weighted by molar-refractivity contribution is -0.123. The number of carbonyl (C=O) groups is 2. The Kier molecular flexibility index (Phi) is 5.05. The number of benzene rings is 2. The summed E-state index contributed by atoms with van der Waals surface area (Å²) in [6.45, 7) is 3.28. The minimum Gasteiger partial charge on any atom is -0.449 e. The summed E-state index contributed by atoms with van der Waals surface area (Å²) in [7, 11) is 0. The molecule has 0 radical (unpaired) electrons. The lowest BCUT2D eigenvalue weighted by Crippen LogP contribution is -2.30. The Balaban J connectivity index is 1.99. The molecule has 0 aliphatic carbocycles. The zero-order chi connectivity index (χ0) is 17.0. The molecule has 0 fully saturated rings. The summed E-state index contributed by atoms with van der Waals surface area (Å²) in [4.78, 5) is 23.8. The topological polar surface area (TPSA) is 55.4 Å². The maximum Gasteiger partial charge on any atom is 0.339 e. The number of carbonyl (C=O) groups excluding carboxylic acids is 2. The van der Waals surface area contributed by atoms with Gasteiger partial charge in [-0.05, 0) is 38.1 Å². The summed E-state index contributed by atoms with van der Waals surface area (Å²) < 4.78 is 31.1. The van der Waals surface area contributed by atoms with Gasteiger partial charge in [-0.1, -0.05) is 17.7 Å². The fourth-order valence-corrected chi connectivity index (χ4v) is 1.83. The summed E-state index contributed by atoms with van der Waals surface area (Å²) in [5.74, 6) is -3.31. The van der Waals surface area contributed by atoms with Crippen molar-refractivity contribution in [3.05, 3.63) is 65.2 Å². The number of amides is 1. The van der Waals surface area contributed by atoms with Crippen LogP contribution in [0.4, 0.5) is 14.5 Å². The van der Waals surface area contributed by atoms with E-state index in [-0.39, 0.29) is 5.56 Å². The first kappa shape index (κ1) is 16.6. The van der Waals surface area contributed by atoms with E-state index in [4.69, 9.17) is 4.74 Å². The van der Waals surface area contributed by atoms with Crippen LogP contribution in [0.5, 0.6) is 0 Å². The van der Waals surface area contributed by atoms with Crippen molar-refractivity contribution < 1.29 is 23.1 Å². The maximum absolute atomic E-state index is 13.1. The van der Waals surface area contributed by atoms with Crippen molar-refractivity contribution in [3.8, 4) is 0 Å². The van der Waals surface area contributed by atoms with E-state index in [1.165, 1.54) is 6.92 Å². The predicted octanol–water partition coefficient (Wildman–Crippen LogP) is 3.46. The molecule has 0 heterocycles. The quantitative estimate of drug-likeness (QED) is 0.878. The van der Waals surface area contributed by atoms with Crippen molar-refractivity contribution in [2.24, 2.45) is 0 Å². The maximum atomic E-state index is 13.1. The lowest BCUT2D eigenvalue weighted by atomic mass is 10.2. The van der Waals surface area contributed by atoms with Crippen LogP contribution in [0.3, 0.4) is 0 Å². The Labute approximate surface area is 132 Å². The Hall–Kier alpha value is -2.76. The first-order chi connectivity index (χ1) is 10.8. The Morgan fingerprint density at radius 1 is 1.04 bits per heavy atom. The zero-order valence-corrected chi connectivity index (χ0v) is 12.6. The molecule has 0 bridgehead atoms. The molecule has 2 aromatic carbocycles. The Morgan fingerprint density at radius 3 is 2.17 bits per heavy atom. The van der Waals surface area contributed by atoms with Gasteiger partial charge in [-0.2, -0.15) is 0 Å². The first-order valence-corrected chi connectivity index (χ1v) is 6.90. The van der Waals surface area contributed by atoms with E-state index in [9.17, 15) is 18.4 Å². The van der Waals surface area contributed by atoms with Crippen LogP contribution in [-0.2, 0) is 9.53 Å².